The van der Waals surface area contributed by atoms with E-state index in [1.807, 2.05) is 42.6 Å². The van der Waals surface area contributed by atoms with Crippen molar-refractivity contribution in [2.45, 2.75) is 44.4 Å². The fourth-order valence-electron chi connectivity index (χ4n) is 3.08. The highest BCUT2D eigenvalue weighted by atomic mass is 35.5. The lowest BCUT2D eigenvalue weighted by atomic mass is 9.89. The predicted molar refractivity (Wildman–Crippen MR) is 120 cm³/mol. The average molecular weight is 419 g/mol. The van der Waals surface area contributed by atoms with Gasteiger partial charge in [0.25, 0.3) is 0 Å². The molecular formula is C23H28Cl2N2O. The van der Waals surface area contributed by atoms with Gasteiger partial charge in [-0.05, 0) is 55.3 Å². The zero-order valence-electron chi connectivity index (χ0n) is 16.1. The summed E-state index contributed by atoms with van der Waals surface area (Å²) in [4.78, 5) is 17.5. The normalized spacial score (nSPS) is 12.4. The number of hydrogen-bond donors (Lipinski definition) is 1. The van der Waals surface area contributed by atoms with E-state index in [-0.39, 0.29) is 11.7 Å². The van der Waals surface area contributed by atoms with Crippen molar-refractivity contribution in [3.8, 4) is 0 Å². The van der Waals surface area contributed by atoms with Crippen LogP contribution in [0.25, 0.3) is 0 Å². The van der Waals surface area contributed by atoms with E-state index in [0.717, 1.165) is 49.9 Å². The molecule has 0 bridgehead atoms. The van der Waals surface area contributed by atoms with Crippen molar-refractivity contribution in [2.24, 2.45) is 10.7 Å². The van der Waals surface area contributed by atoms with Crippen molar-refractivity contribution in [1.29, 1.82) is 0 Å². The molecule has 1 atom stereocenters. The van der Waals surface area contributed by atoms with Gasteiger partial charge in [0, 0.05) is 18.9 Å². The first-order valence-electron chi connectivity index (χ1n) is 9.81. The molecule has 0 heterocycles. The molecule has 150 valence electrons. The summed E-state index contributed by atoms with van der Waals surface area (Å²) in [5.74, 6) is -0.0596. The first-order valence-corrected chi connectivity index (χ1v) is 10.6. The summed E-state index contributed by atoms with van der Waals surface area (Å²) >= 11 is 12.1. The minimum Gasteiger partial charge on any atom is -0.330 e. The molecule has 0 aromatic heterocycles. The number of Topliss-reactive ketones (excluding diaryl/α,β-unsaturated/α-hetero) is 1. The molecule has 2 aromatic carbocycles. The van der Waals surface area contributed by atoms with Crippen LogP contribution in [0.1, 0.15) is 49.1 Å². The highest BCUT2D eigenvalue weighted by molar-refractivity contribution is 6.42. The van der Waals surface area contributed by atoms with Gasteiger partial charge in [-0.3, -0.25) is 9.79 Å². The maximum Gasteiger partial charge on any atom is 0.145 e. The van der Waals surface area contributed by atoms with E-state index in [1.165, 1.54) is 0 Å². The van der Waals surface area contributed by atoms with Crippen LogP contribution in [0.2, 0.25) is 10.0 Å². The molecule has 0 spiro atoms. The number of hydrogen-bond acceptors (Lipinski definition) is 3. The van der Waals surface area contributed by atoms with Gasteiger partial charge in [-0.2, -0.15) is 0 Å². The highest BCUT2D eigenvalue weighted by Gasteiger charge is 2.20. The van der Waals surface area contributed by atoms with Crippen molar-refractivity contribution in [3.05, 3.63) is 69.7 Å². The Morgan fingerprint density at radius 3 is 2.46 bits per heavy atom. The second kappa shape index (κ2) is 12.7. The van der Waals surface area contributed by atoms with Crippen molar-refractivity contribution >= 4 is 35.2 Å². The molecule has 0 saturated carbocycles. The van der Waals surface area contributed by atoms with Gasteiger partial charge in [-0.1, -0.05) is 72.4 Å². The van der Waals surface area contributed by atoms with E-state index < -0.39 is 0 Å². The highest BCUT2D eigenvalue weighted by Crippen LogP contribution is 2.26. The zero-order chi connectivity index (χ0) is 20.2. The molecule has 2 rings (SSSR count). The Labute approximate surface area is 178 Å². The number of rotatable bonds is 12. The van der Waals surface area contributed by atoms with Crippen molar-refractivity contribution in [2.75, 3.05) is 13.1 Å². The predicted octanol–water partition coefficient (Wildman–Crippen LogP) is 5.87. The van der Waals surface area contributed by atoms with Crippen LogP contribution in [0.5, 0.6) is 0 Å². The SMILES string of the molecule is NCCCCCCN=CCC(C(=O)Cc1ccc(Cl)c(Cl)c1)c1ccccc1. The molecule has 0 aliphatic heterocycles. The molecule has 0 aliphatic carbocycles. The van der Waals surface area contributed by atoms with E-state index in [1.54, 1.807) is 12.1 Å². The zero-order valence-corrected chi connectivity index (χ0v) is 17.6. The van der Waals surface area contributed by atoms with E-state index in [0.29, 0.717) is 22.9 Å². The van der Waals surface area contributed by atoms with Crippen LogP contribution in [-0.2, 0) is 11.2 Å². The van der Waals surface area contributed by atoms with Crippen LogP contribution < -0.4 is 5.73 Å². The summed E-state index contributed by atoms with van der Waals surface area (Å²) in [6.07, 6.45) is 7.25. The smallest absolute Gasteiger partial charge is 0.145 e. The van der Waals surface area contributed by atoms with Crippen LogP contribution in [0, 0.1) is 0 Å². The maximum atomic E-state index is 13.0. The Hall–Kier alpha value is -1.68. The number of aliphatic imine (C=N–C) groups is 1. The first-order chi connectivity index (χ1) is 13.6. The lowest BCUT2D eigenvalue weighted by Crippen LogP contribution is -2.16. The van der Waals surface area contributed by atoms with E-state index >= 15 is 0 Å². The number of halogens is 2. The fraction of sp³-hybridized carbons (Fsp3) is 0.391. The third-order valence-corrected chi connectivity index (χ3v) is 5.40. The molecule has 5 heteroatoms. The number of carbonyl (C=O) groups excluding carboxylic acids is 1. The van der Waals surface area contributed by atoms with Crippen molar-refractivity contribution in [1.82, 2.24) is 0 Å². The topological polar surface area (TPSA) is 55.4 Å². The van der Waals surface area contributed by atoms with Crippen LogP contribution in [0.4, 0.5) is 0 Å². The third-order valence-electron chi connectivity index (χ3n) is 4.66. The van der Waals surface area contributed by atoms with Crippen LogP contribution in [-0.4, -0.2) is 25.1 Å². The summed E-state index contributed by atoms with van der Waals surface area (Å²) in [6.45, 7) is 1.55. The monoisotopic (exact) mass is 418 g/mol. The van der Waals surface area contributed by atoms with Crippen LogP contribution >= 0.6 is 23.2 Å². The number of carbonyl (C=O) groups is 1. The molecule has 0 aliphatic rings. The quantitative estimate of drug-likeness (QED) is 0.346. The van der Waals surface area contributed by atoms with Gasteiger partial charge in [0.1, 0.15) is 5.78 Å². The second-order valence-corrected chi connectivity index (χ2v) is 7.70. The Morgan fingerprint density at radius 1 is 1.00 bits per heavy atom. The Morgan fingerprint density at radius 2 is 1.75 bits per heavy atom. The Kier molecular flexibility index (Phi) is 10.3. The minimum absolute atomic E-state index is 0.152. The molecule has 0 amide bonds. The number of nitrogens with zero attached hydrogens (tertiary/aromatic N) is 1. The molecule has 28 heavy (non-hydrogen) atoms. The Bertz CT molecular complexity index is 762. The van der Waals surface area contributed by atoms with Gasteiger partial charge in [0.2, 0.25) is 0 Å². The number of ketones is 1. The molecular weight excluding hydrogens is 391 g/mol. The van der Waals surface area contributed by atoms with Gasteiger partial charge in [0.05, 0.1) is 10.0 Å². The summed E-state index contributed by atoms with van der Waals surface area (Å²) in [6, 6.07) is 15.2. The number of nitrogens with two attached hydrogens (primary N) is 1. The van der Waals surface area contributed by atoms with E-state index in [4.69, 9.17) is 28.9 Å². The molecule has 1 unspecified atom stereocenters. The van der Waals surface area contributed by atoms with E-state index in [9.17, 15) is 4.79 Å². The Balaban J connectivity index is 1.97. The van der Waals surface area contributed by atoms with Crippen LogP contribution in [0.15, 0.2) is 53.5 Å². The molecule has 0 saturated heterocycles. The van der Waals surface area contributed by atoms with Crippen molar-refractivity contribution in [3.63, 3.8) is 0 Å². The number of unbranched alkanes of at least 4 members (excludes halogenated alkanes) is 3. The summed E-state index contributed by atoms with van der Waals surface area (Å²) in [7, 11) is 0. The second-order valence-electron chi connectivity index (χ2n) is 6.88. The van der Waals surface area contributed by atoms with Crippen molar-refractivity contribution < 1.29 is 4.79 Å². The molecule has 2 N–H and O–H groups in total. The van der Waals surface area contributed by atoms with Gasteiger partial charge in [-0.15, -0.1) is 0 Å². The summed E-state index contributed by atoms with van der Waals surface area (Å²) in [5.41, 5.74) is 7.39. The van der Waals surface area contributed by atoms with E-state index in [2.05, 4.69) is 4.99 Å². The lowest BCUT2D eigenvalue weighted by molar-refractivity contribution is -0.119. The lowest BCUT2D eigenvalue weighted by Gasteiger charge is -2.15. The average Bonchev–Trinajstić information content (AvgIpc) is 2.70. The molecule has 3 nitrogen and oxygen atoms in total. The largest absolute Gasteiger partial charge is 0.330 e. The molecule has 0 fully saturated rings. The van der Waals surface area contributed by atoms with Gasteiger partial charge >= 0.3 is 0 Å². The summed E-state index contributed by atoms with van der Waals surface area (Å²) < 4.78 is 0. The third kappa shape index (κ3) is 7.75. The molecule has 2 aromatic rings. The van der Waals surface area contributed by atoms with Gasteiger partial charge < -0.3 is 5.73 Å². The standard InChI is InChI=1S/C23H28Cl2N2O/c24-21-11-10-18(16-22(21)25)17-23(28)20(19-8-4-3-5-9-19)12-15-27-14-7-2-1-6-13-26/h3-5,8-11,15-16,20H,1-2,6-7,12-14,17,26H2. The van der Waals surface area contributed by atoms with Gasteiger partial charge in [0.15, 0.2) is 0 Å². The summed E-state index contributed by atoms with van der Waals surface area (Å²) in [5, 5.41) is 0.968. The number of benzene rings is 2. The van der Waals surface area contributed by atoms with Gasteiger partial charge in [-0.25, -0.2) is 0 Å². The minimum atomic E-state index is -0.211. The fourth-order valence-corrected chi connectivity index (χ4v) is 3.41. The molecule has 0 radical (unpaired) electrons. The first kappa shape index (κ1) is 22.6. The van der Waals surface area contributed by atoms with Crippen LogP contribution in [0.3, 0.4) is 0 Å². The maximum absolute atomic E-state index is 13.0.